The van der Waals surface area contributed by atoms with Crippen LogP contribution in [0.4, 0.5) is 0 Å². The average Bonchev–Trinajstić information content (AvgIpc) is 3.34. The molecule has 0 rings (SSSR count). The van der Waals surface area contributed by atoms with Gasteiger partial charge in [-0.05, 0) is 89.9 Å². The van der Waals surface area contributed by atoms with E-state index >= 15 is 0 Å². The first-order valence-electron chi connectivity index (χ1n) is 29.3. The normalized spacial score (nSPS) is 12.5. The lowest BCUT2D eigenvalue weighted by Crippen LogP contribution is -2.30. The zero-order valence-electron chi connectivity index (χ0n) is 45.1. The predicted octanol–water partition coefficient (Wildman–Crippen LogP) is 19.6. The number of ether oxygens (including phenoxy) is 3. The first-order valence-corrected chi connectivity index (χ1v) is 29.3. The fraction of sp³-hybridized carbons (Fsp3) is 0.790. The van der Waals surface area contributed by atoms with Crippen molar-refractivity contribution < 1.29 is 28.6 Å². The molecular weight excluding hydrogens is 841 g/mol. The minimum atomic E-state index is -0.779. The van der Waals surface area contributed by atoms with E-state index in [1.165, 1.54) is 167 Å². The van der Waals surface area contributed by atoms with Crippen molar-refractivity contribution in [3.8, 4) is 0 Å². The molecule has 6 heteroatoms. The van der Waals surface area contributed by atoms with Gasteiger partial charge >= 0.3 is 17.9 Å². The maximum absolute atomic E-state index is 12.8. The molecule has 1 unspecified atom stereocenters. The van der Waals surface area contributed by atoms with Gasteiger partial charge in [0, 0.05) is 19.3 Å². The summed E-state index contributed by atoms with van der Waals surface area (Å²) in [5.74, 6) is -0.886. The Morgan fingerprint density at radius 2 is 0.529 bits per heavy atom. The van der Waals surface area contributed by atoms with Crippen molar-refractivity contribution in [1.29, 1.82) is 0 Å². The van der Waals surface area contributed by atoms with Gasteiger partial charge < -0.3 is 14.2 Å². The summed E-state index contributed by atoms with van der Waals surface area (Å²) in [6.07, 6.45) is 70.7. The van der Waals surface area contributed by atoms with Crippen LogP contribution in [0.5, 0.6) is 0 Å². The second-order valence-electron chi connectivity index (χ2n) is 19.6. The van der Waals surface area contributed by atoms with Crippen LogP contribution < -0.4 is 0 Å². The van der Waals surface area contributed by atoms with E-state index < -0.39 is 6.10 Å². The van der Waals surface area contributed by atoms with Gasteiger partial charge in [-0.15, -0.1) is 0 Å². The summed E-state index contributed by atoms with van der Waals surface area (Å²) in [7, 11) is 0. The number of unbranched alkanes of at least 4 members (excludes halogenated alkanes) is 32. The fourth-order valence-corrected chi connectivity index (χ4v) is 8.30. The molecule has 0 saturated heterocycles. The SMILES string of the molecule is CCCCCC/C=C\C/C=C\CCCCCCCCCC(=O)OC(COC(=O)CCCCCCCCCCC)COC(=O)CCCCCCCCCC/C=C\C/C=C\C/C=C\CCCCCCC. The number of hydrogen-bond acceptors (Lipinski definition) is 6. The van der Waals surface area contributed by atoms with E-state index in [1.54, 1.807) is 0 Å². The molecule has 0 aromatic carbocycles. The molecule has 0 aromatic heterocycles. The minimum Gasteiger partial charge on any atom is -0.462 e. The number of esters is 3. The first kappa shape index (κ1) is 65.1. The molecule has 0 bridgehead atoms. The third kappa shape index (κ3) is 54.1. The van der Waals surface area contributed by atoms with E-state index in [4.69, 9.17) is 14.2 Å². The maximum atomic E-state index is 12.8. The molecule has 0 aromatic rings. The van der Waals surface area contributed by atoms with Gasteiger partial charge in [-0.3, -0.25) is 14.4 Å². The summed E-state index contributed by atoms with van der Waals surface area (Å²) in [6, 6.07) is 0. The lowest BCUT2D eigenvalue weighted by molar-refractivity contribution is -0.167. The largest absolute Gasteiger partial charge is 0.462 e. The molecule has 0 spiro atoms. The molecular formula is C62H110O6. The van der Waals surface area contributed by atoms with Gasteiger partial charge in [0.05, 0.1) is 0 Å². The molecule has 68 heavy (non-hydrogen) atoms. The van der Waals surface area contributed by atoms with Crippen molar-refractivity contribution in [1.82, 2.24) is 0 Å². The van der Waals surface area contributed by atoms with Gasteiger partial charge in [0.25, 0.3) is 0 Å². The summed E-state index contributed by atoms with van der Waals surface area (Å²) in [5.41, 5.74) is 0. The standard InChI is InChI=1S/C62H110O6/c1-4-7-10-13-16-19-21-23-25-27-29-30-31-32-33-35-36-38-40-43-46-49-52-55-61(64)67-58-59(57-66-60(63)54-51-48-45-42-18-15-12-9-6-3)68-62(65)56-53-50-47-44-41-39-37-34-28-26-24-22-20-17-14-11-8-5-2/h20-23,26-29,31-32,59H,4-19,24-25,30,33-58H2,1-3H3/b22-20-,23-21-,28-26-,29-27-,32-31-. The number of hydrogen-bond donors (Lipinski definition) is 0. The number of carbonyl (C=O) groups excluding carboxylic acids is 3. The van der Waals surface area contributed by atoms with Crippen LogP contribution in [0.2, 0.25) is 0 Å². The molecule has 0 N–H and O–H groups in total. The Bertz CT molecular complexity index is 1230. The minimum absolute atomic E-state index is 0.0780. The van der Waals surface area contributed by atoms with Crippen molar-refractivity contribution >= 4 is 17.9 Å². The second kappa shape index (κ2) is 56.7. The summed E-state index contributed by atoms with van der Waals surface area (Å²) in [6.45, 7) is 6.60. The Hall–Kier alpha value is -2.89. The maximum Gasteiger partial charge on any atom is 0.306 e. The second-order valence-corrected chi connectivity index (χ2v) is 19.6. The zero-order chi connectivity index (χ0) is 49.3. The third-order valence-electron chi connectivity index (χ3n) is 12.7. The zero-order valence-corrected chi connectivity index (χ0v) is 45.1. The van der Waals surface area contributed by atoms with Crippen LogP contribution in [0, 0.1) is 0 Å². The fourth-order valence-electron chi connectivity index (χ4n) is 8.30. The molecule has 0 saturated carbocycles. The van der Waals surface area contributed by atoms with Crippen LogP contribution in [0.3, 0.4) is 0 Å². The summed E-state index contributed by atoms with van der Waals surface area (Å²) in [4.78, 5) is 38.1. The Kier molecular flexibility index (Phi) is 54.3. The lowest BCUT2D eigenvalue weighted by Gasteiger charge is -2.18. The summed E-state index contributed by atoms with van der Waals surface area (Å²) in [5, 5.41) is 0. The van der Waals surface area contributed by atoms with Gasteiger partial charge in [0.1, 0.15) is 13.2 Å². The monoisotopic (exact) mass is 951 g/mol. The topological polar surface area (TPSA) is 78.9 Å². The average molecular weight is 952 g/mol. The van der Waals surface area contributed by atoms with Gasteiger partial charge in [-0.1, -0.05) is 248 Å². The molecule has 0 radical (unpaired) electrons. The van der Waals surface area contributed by atoms with E-state index in [9.17, 15) is 14.4 Å². The molecule has 1 atom stereocenters. The van der Waals surface area contributed by atoms with Crippen molar-refractivity contribution in [3.63, 3.8) is 0 Å². The highest BCUT2D eigenvalue weighted by molar-refractivity contribution is 5.71. The highest BCUT2D eigenvalue weighted by Gasteiger charge is 2.19. The quantitative estimate of drug-likeness (QED) is 0.0262. The molecule has 0 aliphatic carbocycles. The smallest absolute Gasteiger partial charge is 0.306 e. The molecule has 0 aliphatic heterocycles. The Balaban J connectivity index is 4.28. The molecule has 6 nitrogen and oxygen atoms in total. The van der Waals surface area contributed by atoms with E-state index in [0.29, 0.717) is 19.3 Å². The van der Waals surface area contributed by atoms with Crippen LogP contribution in [0.25, 0.3) is 0 Å². The van der Waals surface area contributed by atoms with Crippen molar-refractivity contribution in [2.45, 2.75) is 303 Å². The first-order chi connectivity index (χ1) is 33.5. The van der Waals surface area contributed by atoms with E-state index in [1.807, 2.05) is 0 Å². The molecule has 394 valence electrons. The Morgan fingerprint density at radius 1 is 0.294 bits per heavy atom. The van der Waals surface area contributed by atoms with Crippen LogP contribution in [0.1, 0.15) is 297 Å². The van der Waals surface area contributed by atoms with Crippen molar-refractivity contribution in [3.05, 3.63) is 60.8 Å². The lowest BCUT2D eigenvalue weighted by atomic mass is 10.1. The van der Waals surface area contributed by atoms with Gasteiger partial charge in [-0.25, -0.2) is 0 Å². The van der Waals surface area contributed by atoms with E-state index in [-0.39, 0.29) is 31.1 Å². The van der Waals surface area contributed by atoms with Crippen LogP contribution in [0.15, 0.2) is 60.8 Å². The molecule has 0 aliphatic rings. The Labute approximate surface area is 421 Å². The molecule has 0 fully saturated rings. The molecule has 0 amide bonds. The third-order valence-corrected chi connectivity index (χ3v) is 12.7. The van der Waals surface area contributed by atoms with Crippen molar-refractivity contribution in [2.75, 3.05) is 13.2 Å². The van der Waals surface area contributed by atoms with Gasteiger partial charge in [0.2, 0.25) is 0 Å². The number of allylic oxidation sites excluding steroid dienone is 10. The van der Waals surface area contributed by atoms with Gasteiger partial charge in [-0.2, -0.15) is 0 Å². The molecule has 0 heterocycles. The van der Waals surface area contributed by atoms with Crippen molar-refractivity contribution in [2.24, 2.45) is 0 Å². The van der Waals surface area contributed by atoms with E-state index in [0.717, 1.165) is 89.9 Å². The van der Waals surface area contributed by atoms with Crippen LogP contribution in [-0.4, -0.2) is 37.2 Å². The van der Waals surface area contributed by atoms with E-state index in [2.05, 4.69) is 81.5 Å². The predicted molar refractivity (Wildman–Crippen MR) is 293 cm³/mol. The summed E-state index contributed by atoms with van der Waals surface area (Å²) < 4.78 is 16.8. The van der Waals surface area contributed by atoms with Crippen LogP contribution >= 0.6 is 0 Å². The highest BCUT2D eigenvalue weighted by atomic mass is 16.6. The summed E-state index contributed by atoms with van der Waals surface area (Å²) >= 11 is 0. The number of carbonyl (C=O) groups is 3. The highest BCUT2D eigenvalue weighted by Crippen LogP contribution is 2.15. The number of rotatable bonds is 53. The Morgan fingerprint density at radius 3 is 0.838 bits per heavy atom. The van der Waals surface area contributed by atoms with Crippen LogP contribution in [-0.2, 0) is 28.6 Å². The van der Waals surface area contributed by atoms with Gasteiger partial charge in [0.15, 0.2) is 6.10 Å².